The van der Waals surface area contributed by atoms with E-state index >= 15 is 0 Å². The Balaban J connectivity index is 1.64. The maximum Gasteiger partial charge on any atom is 0.335 e. The Morgan fingerprint density at radius 1 is 0.973 bits per heavy atom. The van der Waals surface area contributed by atoms with E-state index in [0.29, 0.717) is 22.7 Å². The van der Waals surface area contributed by atoms with Crippen LogP contribution < -0.4 is 25.0 Å². The van der Waals surface area contributed by atoms with Gasteiger partial charge in [0.1, 0.15) is 5.57 Å². The van der Waals surface area contributed by atoms with Crippen molar-refractivity contribution in [3.8, 4) is 11.5 Å². The lowest BCUT2D eigenvalue weighted by Gasteiger charge is -2.27. The summed E-state index contributed by atoms with van der Waals surface area (Å²) in [7, 11) is 1.43. The van der Waals surface area contributed by atoms with Crippen molar-refractivity contribution in [2.45, 2.75) is 13.8 Å². The Labute approximate surface area is 213 Å². The molecule has 0 unspecified atom stereocenters. The number of rotatable bonds is 7. The molecule has 1 aliphatic rings. The minimum Gasteiger partial charge on any atom is -0.493 e. The van der Waals surface area contributed by atoms with Crippen molar-refractivity contribution < 1.29 is 28.7 Å². The molecule has 1 saturated heterocycles. The van der Waals surface area contributed by atoms with Crippen LogP contribution in [0.25, 0.3) is 6.08 Å². The van der Waals surface area contributed by atoms with Crippen molar-refractivity contribution in [1.82, 2.24) is 5.32 Å². The van der Waals surface area contributed by atoms with Crippen LogP contribution in [0, 0.1) is 13.8 Å². The number of imide groups is 2. The lowest BCUT2D eigenvalue weighted by molar-refractivity contribution is -0.122. The summed E-state index contributed by atoms with van der Waals surface area (Å²) in [5, 5.41) is 4.94. The summed E-state index contributed by atoms with van der Waals surface area (Å²) in [4.78, 5) is 52.0. The van der Waals surface area contributed by atoms with Gasteiger partial charge in [-0.05, 0) is 61.4 Å². The topological polar surface area (TPSA) is 114 Å². The summed E-state index contributed by atoms with van der Waals surface area (Å²) < 4.78 is 11.1. The van der Waals surface area contributed by atoms with E-state index in [9.17, 15) is 19.2 Å². The van der Waals surface area contributed by atoms with E-state index in [1.54, 1.807) is 54.6 Å². The Kier molecular flexibility index (Phi) is 7.34. The zero-order valence-corrected chi connectivity index (χ0v) is 20.5. The molecule has 0 aliphatic carbocycles. The monoisotopic (exact) mass is 499 g/mol. The largest absolute Gasteiger partial charge is 0.493 e. The van der Waals surface area contributed by atoms with E-state index in [1.807, 2.05) is 26.0 Å². The number of methoxy groups -OCH3 is 1. The smallest absolute Gasteiger partial charge is 0.335 e. The molecular weight excluding hydrogens is 474 g/mol. The fourth-order valence-electron chi connectivity index (χ4n) is 3.95. The van der Waals surface area contributed by atoms with Gasteiger partial charge in [0.2, 0.25) is 0 Å². The number of carbonyl (C=O) groups is 4. The van der Waals surface area contributed by atoms with Gasteiger partial charge in [0.25, 0.3) is 17.7 Å². The first-order chi connectivity index (χ1) is 17.8. The average molecular weight is 500 g/mol. The van der Waals surface area contributed by atoms with E-state index in [-0.39, 0.29) is 17.9 Å². The number of anilines is 2. The molecule has 5 amide bonds. The van der Waals surface area contributed by atoms with Crippen LogP contribution in [-0.4, -0.2) is 37.5 Å². The highest BCUT2D eigenvalue weighted by Gasteiger charge is 2.37. The third kappa shape index (κ3) is 5.67. The molecule has 1 aliphatic heterocycles. The molecule has 0 radical (unpaired) electrons. The number of nitrogens with one attached hydrogen (secondary N) is 2. The summed E-state index contributed by atoms with van der Waals surface area (Å²) in [5.41, 5.74) is 2.72. The zero-order chi connectivity index (χ0) is 26.5. The maximum atomic E-state index is 13.3. The van der Waals surface area contributed by atoms with E-state index < -0.39 is 23.8 Å². The van der Waals surface area contributed by atoms with Crippen LogP contribution in [0.1, 0.15) is 16.7 Å². The van der Waals surface area contributed by atoms with E-state index in [0.717, 1.165) is 16.0 Å². The van der Waals surface area contributed by atoms with Crippen LogP contribution in [0.4, 0.5) is 16.2 Å². The average Bonchev–Trinajstić information content (AvgIpc) is 2.85. The number of nitrogens with zero attached hydrogens (tertiary/aromatic N) is 1. The van der Waals surface area contributed by atoms with Crippen LogP contribution in [0.15, 0.2) is 72.3 Å². The fraction of sp³-hybridized carbons (Fsp3) is 0.143. The number of amides is 5. The predicted molar refractivity (Wildman–Crippen MR) is 138 cm³/mol. The minimum atomic E-state index is -0.841. The lowest BCUT2D eigenvalue weighted by Crippen LogP contribution is -2.54. The SMILES string of the molecule is COc1cccc(/C=C2\C(=O)NC(=O)N(c3cc(C)cc(C)c3)C2=O)c1OCC(=O)Nc1ccccc1. The Morgan fingerprint density at radius 2 is 1.68 bits per heavy atom. The molecule has 37 heavy (non-hydrogen) atoms. The standard InChI is InChI=1S/C28H25N3O6/c1-17-12-18(2)14-21(13-17)31-27(34)22(26(33)30-28(31)35)15-19-8-7-11-23(36-3)25(19)37-16-24(32)29-20-9-5-4-6-10-20/h4-15H,16H2,1-3H3,(H,29,32)(H,30,33,35)/b22-15+. The molecule has 1 heterocycles. The second-order valence-corrected chi connectivity index (χ2v) is 8.39. The van der Waals surface area contributed by atoms with Crippen molar-refractivity contribution in [1.29, 1.82) is 0 Å². The minimum absolute atomic E-state index is 0.163. The number of barbiturate groups is 1. The van der Waals surface area contributed by atoms with Crippen LogP contribution in [0.5, 0.6) is 11.5 Å². The van der Waals surface area contributed by atoms with Gasteiger partial charge in [0.15, 0.2) is 18.1 Å². The normalized spacial score (nSPS) is 14.4. The Bertz CT molecular complexity index is 1390. The second-order valence-electron chi connectivity index (χ2n) is 8.39. The van der Waals surface area contributed by atoms with Gasteiger partial charge >= 0.3 is 6.03 Å². The number of para-hydroxylation sites is 2. The number of ether oxygens (including phenoxy) is 2. The second kappa shape index (κ2) is 10.8. The lowest BCUT2D eigenvalue weighted by atomic mass is 10.0. The number of carbonyl (C=O) groups excluding carboxylic acids is 4. The first-order valence-corrected chi connectivity index (χ1v) is 11.4. The van der Waals surface area contributed by atoms with Gasteiger partial charge in [-0.2, -0.15) is 0 Å². The van der Waals surface area contributed by atoms with Gasteiger partial charge in [-0.25, -0.2) is 9.69 Å². The van der Waals surface area contributed by atoms with Gasteiger partial charge in [0, 0.05) is 11.3 Å². The Morgan fingerprint density at radius 3 is 2.35 bits per heavy atom. The van der Waals surface area contributed by atoms with Crippen LogP contribution in [0.2, 0.25) is 0 Å². The third-order valence-electron chi connectivity index (χ3n) is 5.50. The molecule has 9 nitrogen and oxygen atoms in total. The van der Waals surface area contributed by atoms with Crippen molar-refractivity contribution in [3.05, 3.63) is 89.0 Å². The molecule has 3 aromatic carbocycles. The van der Waals surface area contributed by atoms with Crippen LogP contribution in [0.3, 0.4) is 0 Å². The molecule has 9 heteroatoms. The number of benzene rings is 3. The molecule has 0 saturated carbocycles. The van der Waals surface area contributed by atoms with Crippen molar-refractivity contribution in [2.75, 3.05) is 23.9 Å². The first kappa shape index (κ1) is 25.2. The van der Waals surface area contributed by atoms with Gasteiger partial charge in [-0.1, -0.05) is 36.4 Å². The highest BCUT2D eigenvalue weighted by atomic mass is 16.5. The van der Waals surface area contributed by atoms with Gasteiger partial charge < -0.3 is 14.8 Å². The van der Waals surface area contributed by atoms with Gasteiger partial charge in [-0.15, -0.1) is 0 Å². The van der Waals surface area contributed by atoms with Crippen molar-refractivity contribution in [2.24, 2.45) is 0 Å². The van der Waals surface area contributed by atoms with Crippen molar-refractivity contribution in [3.63, 3.8) is 0 Å². The first-order valence-electron chi connectivity index (χ1n) is 11.4. The summed E-state index contributed by atoms with van der Waals surface area (Å²) in [6.07, 6.45) is 1.31. The summed E-state index contributed by atoms with van der Waals surface area (Å²) in [6.45, 7) is 3.34. The quantitative estimate of drug-likeness (QED) is 0.375. The number of hydrogen-bond donors (Lipinski definition) is 2. The molecule has 3 aromatic rings. The summed E-state index contributed by atoms with van der Waals surface area (Å²) >= 11 is 0. The number of urea groups is 1. The highest BCUT2D eigenvalue weighted by Crippen LogP contribution is 2.34. The van der Waals surface area contributed by atoms with E-state index in [1.165, 1.54) is 13.2 Å². The molecule has 1 fully saturated rings. The zero-order valence-electron chi connectivity index (χ0n) is 20.5. The van der Waals surface area contributed by atoms with Gasteiger partial charge in [0.05, 0.1) is 12.8 Å². The van der Waals surface area contributed by atoms with Crippen molar-refractivity contribution >= 4 is 41.2 Å². The molecule has 4 rings (SSSR count). The molecule has 0 atom stereocenters. The molecule has 0 bridgehead atoms. The molecular formula is C28H25N3O6. The molecule has 0 spiro atoms. The van der Waals surface area contributed by atoms with E-state index in [2.05, 4.69) is 10.6 Å². The Hall–Kier alpha value is -4.92. The van der Waals surface area contributed by atoms with Crippen LogP contribution >= 0.6 is 0 Å². The summed E-state index contributed by atoms with van der Waals surface area (Å²) in [6, 6.07) is 18.2. The molecule has 0 aromatic heterocycles. The molecule has 188 valence electrons. The summed E-state index contributed by atoms with van der Waals surface area (Å²) in [5.74, 6) is -1.57. The van der Waals surface area contributed by atoms with Crippen LogP contribution in [-0.2, 0) is 14.4 Å². The fourth-order valence-corrected chi connectivity index (χ4v) is 3.95. The predicted octanol–water partition coefficient (Wildman–Crippen LogP) is 4.00. The van der Waals surface area contributed by atoms with E-state index in [4.69, 9.17) is 9.47 Å². The highest BCUT2D eigenvalue weighted by molar-refractivity contribution is 6.39. The number of aryl methyl sites for hydroxylation is 2. The van der Waals surface area contributed by atoms with Gasteiger partial charge in [-0.3, -0.25) is 19.7 Å². The molecule has 2 N–H and O–H groups in total. The third-order valence-corrected chi connectivity index (χ3v) is 5.50. The maximum absolute atomic E-state index is 13.3. The number of hydrogen-bond acceptors (Lipinski definition) is 6.